The number of hydrogen-bond donors (Lipinski definition) is 0. The first-order valence-electron chi connectivity index (χ1n) is 7.36. The molecule has 0 saturated carbocycles. The van der Waals surface area contributed by atoms with E-state index in [1.54, 1.807) is 24.3 Å². The van der Waals surface area contributed by atoms with Crippen LogP contribution in [0.4, 0.5) is 0 Å². The summed E-state index contributed by atoms with van der Waals surface area (Å²) in [4.78, 5) is 0. The summed E-state index contributed by atoms with van der Waals surface area (Å²) in [6, 6.07) is 0. The molecule has 2 aliphatic rings. The molecule has 6 heteroatoms. The van der Waals surface area contributed by atoms with Gasteiger partial charge in [-0.15, -0.1) is 11.5 Å². The Morgan fingerprint density at radius 1 is 0.917 bits per heavy atom. The van der Waals surface area contributed by atoms with E-state index < -0.39 is 5.92 Å². The molecule has 1 heterocycles. The molecule has 0 aliphatic heterocycles. The van der Waals surface area contributed by atoms with Gasteiger partial charge in [0, 0.05) is 5.92 Å². The lowest BCUT2D eigenvalue weighted by molar-refractivity contribution is -0.313. The molecule has 1 aromatic heterocycles. The molecule has 0 atom stereocenters. The summed E-state index contributed by atoms with van der Waals surface area (Å²) in [5.41, 5.74) is 1.77. The zero-order valence-electron chi connectivity index (χ0n) is 12.5. The summed E-state index contributed by atoms with van der Waals surface area (Å²) in [6.45, 7) is 0. The summed E-state index contributed by atoms with van der Waals surface area (Å²) in [5.74, 6) is -0.480. The van der Waals surface area contributed by atoms with Gasteiger partial charge in [-0.3, -0.25) is 0 Å². The third kappa shape index (κ3) is 3.66. The predicted molar refractivity (Wildman–Crippen MR) is 94.7 cm³/mol. The van der Waals surface area contributed by atoms with Crippen molar-refractivity contribution in [2.24, 2.45) is 0 Å². The van der Waals surface area contributed by atoms with Crippen LogP contribution in [-0.4, -0.2) is 4.37 Å². The molecule has 124 valence electrons. The lowest BCUT2D eigenvalue weighted by atomic mass is 9.93. The number of hydrogen-bond acceptors (Lipinski definition) is 4. The van der Waals surface area contributed by atoms with Crippen LogP contribution in [0.15, 0.2) is 71.3 Å². The van der Waals surface area contributed by atoms with Gasteiger partial charge in [-0.25, -0.2) is 0 Å². The SMILES string of the molecule is [O-]C(CC(CC([O-])=C1C=CC=C1)c1nsc(Cl)c1Cl)=C1C=CC=C1. The fourth-order valence-corrected chi connectivity index (χ4v) is 3.75. The maximum Gasteiger partial charge on any atom is 0.132 e. The molecule has 0 fully saturated rings. The molecule has 3 nitrogen and oxygen atoms in total. The average molecular weight is 378 g/mol. The molecule has 0 bridgehead atoms. The Balaban J connectivity index is 1.90. The van der Waals surface area contributed by atoms with Crippen LogP contribution in [0, 0.1) is 0 Å². The monoisotopic (exact) mass is 377 g/mol. The van der Waals surface area contributed by atoms with Crippen molar-refractivity contribution in [1.82, 2.24) is 4.37 Å². The van der Waals surface area contributed by atoms with Crippen LogP contribution in [0.2, 0.25) is 9.36 Å². The summed E-state index contributed by atoms with van der Waals surface area (Å²) < 4.78 is 4.63. The van der Waals surface area contributed by atoms with E-state index in [0.29, 0.717) is 26.2 Å². The Labute approximate surface area is 154 Å². The highest BCUT2D eigenvalue weighted by Gasteiger charge is 2.21. The van der Waals surface area contributed by atoms with Crippen molar-refractivity contribution >= 4 is 34.7 Å². The number of allylic oxidation sites excluding steroid dienone is 12. The van der Waals surface area contributed by atoms with Crippen LogP contribution < -0.4 is 10.2 Å². The lowest BCUT2D eigenvalue weighted by Gasteiger charge is -2.26. The van der Waals surface area contributed by atoms with Crippen LogP contribution in [-0.2, 0) is 0 Å². The zero-order chi connectivity index (χ0) is 17.1. The minimum Gasteiger partial charge on any atom is -0.875 e. The molecule has 3 rings (SSSR count). The standard InChI is InChI=1S/C18H15Cl2NO2S/c19-16-17(21-24-18(16)20)13(9-14(22)11-5-1-2-6-11)10-15(23)12-7-3-4-8-12/h1-8,13,22-23H,9-10H2/p-2. The first-order valence-corrected chi connectivity index (χ1v) is 8.89. The van der Waals surface area contributed by atoms with E-state index >= 15 is 0 Å². The molecule has 0 saturated heterocycles. The number of nitrogens with zero attached hydrogens (tertiary/aromatic N) is 1. The second-order valence-corrected chi connectivity index (χ2v) is 7.21. The largest absolute Gasteiger partial charge is 0.875 e. The maximum atomic E-state index is 12.5. The molecule has 0 amide bonds. The topological polar surface area (TPSA) is 59.0 Å². The fourth-order valence-electron chi connectivity index (χ4n) is 2.59. The van der Waals surface area contributed by atoms with Gasteiger partial charge in [0.05, 0.1) is 10.7 Å². The van der Waals surface area contributed by atoms with Crippen LogP contribution in [0.25, 0.3) is 0 Å². The van der Waals surface area contributed by atoms with Gasteiger partial charge >= 0.3 is 0 Å². The Morgan fingerprint density at radius 2 is 1.38 bits per heavy atom. The van der Waals surface area contributed by atoms with Crippen molar-refractivity contribution in [2.75, 3.05) is 0 Å². The molecule has 24 heavy (non-hydrogen) atoms. The van der Waals surface area contributed by atoms with E-state index in [1.807, 2.05) is 24.3 Å². The Hall–Kier alpha value is -1.75. The van der Waals surface area contributed by atoms with Crippen molar-refractivity contribution in [2.45, 2.75) is 18.8 Å². The minimum absolute atomic E-state index is 0.0412. The van der Waals surface area contributed by atoms with Crippen molar-refractivity contribution in [3.05, 3.63) is 86.3 Å². The molecular weight excluding hydrogens is 365 g/mol. The van der Waals surface area contributed by atoms with Gasteiger partial charge in [0.1, 0.15) is 4.34 Å². The molecule has 0 unspecified atom stereocenters. The third-order valence-electron chi connectivity index (χ3n) is 3.84. The second kappa shape index (κ2) is 7.43. The van der Waals surface area contributed by atoms with Gasteiger partial charge in [-0.05, 0) is 35.5 Å². The lowest BCUT2D eigenvalue weighted by Crippen LogP contribution is -2.16. The second-order valence-electron chi connectivity index (χ2n) is 5.45. The molecular formula is C18H13Cl2NO2S-2. The van der Waals surface area contributed by atoms with Crippen molar-refractivity contribution < 1.29 is 10.2 Å². The van der Waals surface area contributed by atoms with Gasteiger partial charge in [0.15, 0.2) is 0 Å². The fraction of sp³-hybridized carbons (Fsp3) is 0.167. The van der Waals surface area contributed by atoms with E-state index in [2.05, 4.69) is 4.37 Å². The van der Waals surface area contributed by atoms with Gasteiger partial charge in [0.25, 0.3) is 0 Å². The summed E-state index contributed by atoms with van der Waals surface area (Å²) in [5, 5.41) is 25.3. The van der Waals surface area contributed by atoms with Crippen LogP contribution in [0.1, 0.15) is 24.5 Å². The van der Waals surface area contributed by atoms with Crippen molar-refractivity contribution in [3.8, 4) is 0 Å². The first kappa shape index (κ1) is 17.1. The van der Waals surface area contributed by atoms with E-state index in [1.165, 1.54) is 0 Å². The maximum absolute atomic E-state index is 12.5. The van der Waals surface area contributed by atoms with Gasteiger partial charge in [-0.1, -0.05) is 71.8 Å². The average Bonchev–Trinajstić information content (AvgIpc) is 3.30. The highest BCUT2D eigenvalue weighted by atomic mass is 35.5. The Kier molecular flexibility index (Phi) is 5.29. The summed E-state index contributed by atoms with van der Waals surface area (Å²) >= 11 is 13.3. The highest BCUT2D eigenvalue weighted by molar-refractivity contribution is 7.11. The van der Waals surface area contributed by atoms with Crippen LogP contribution in [0.5, 0.6) is 0 Å². The zero-order valence-corrected chi connectivity index (χ0v) is 14.9. The number of rotatable bonds is 5. The Bertz CT molecular complexity index is 754. The summed E-state index contributed by atoms with van der Waals surface area (Å²) in [7, 11) is 0. The van der Waals surface area contributed by atoms with E-state index in [4.69, 9.17) is 23.2 Å². The van der Waals surface area contributed by atoms with Gasteiger partial charge in [0.2, 0.25) is 0 Å². The van der Waals surface area contributed by atoms with Gasteiger partial charge < -0.3 is 10.2 Å². The molecule has 0 N–H and O–H groups in total. The van der Waals surface area contributed by atoms with E-state index in [9.17, 15) is 10.2 Å². The molecule has 1 aromatic rings. The van der Waals surface area contributed by atoms with E-state index in [0.717, 1.165) is 11.5 Å². The number of halogens is 2. The quantitative estimate of drug-likeness (QED) is 0.733. The van der Waals surface area contributed by atoms with Crippen LogP contribution >= 0.6 is 34.7 Å². The normalized spacial score (nSPS) is 15.3. The number of aromatic nitrogens is 1. The predicted octanol–water partition coefficient (Wildman–Crippen LogP) is 3.79. The van der Waals surface area contributed by atoms with E-state index in [-0.39, 0.29) is 24.4 Å². The summed E-state index contributed by atoms with van der Waals surface area (Å²) in [6.07, 6.45) is 14.6. The molecule has 0 aromatic carbocycles. The molecule has 0 radical (unpaired) electrons. The third-order valence-corrected chi connectivity index (χ3v) is 5.48. The minimum atomic E-state index is -0.397. The molecule has 2 aliphatic carbocycles. The van der Waals surface area contributed by atoms with Crippen molar-refractivity contribution in [1.29, 1.82) is 0 Å². The molecule has 0 spiro atoms. The van der Waals surface area contributed by atoms with Crippen LogP contribution in [0.3, 0.4) is 0 Å². The first-order chi connectivity index (χ1) is 11.6. The van der Waals surface area contributed by atoms with Crippen molar-refractivity contribution in [3.63, 3.8) is 0 Å². The van der Waals surface area contributed by atoms with Gasteiger partial charge in [-0.2, -0.15) is 4.37 Å². The highest BCUT2D eigenvalue weighted by Crippen LogP contribution is 2.39. The smallest absolute Gasteiger partial charge is 0.132 e. The Morgan fingerprint density at radius 3 is 1.75 bits per heavy atom.